The number of nitrogens with one attached hydrogen (secondary N) is 2. The van der Waals surface area contributed by atoms with E-state index >= 15 is 0 Å². The summed E-state index contributed by atoms with van der Waals surface area (Å²) in [5.74, 6) is -0.318. The molecule has 2 aromatic rings. The lowest BCUT2D eigenvalue weighted by Gasteiger charge is -2.16. The lowest BCUT2D eigenvalue weighted by atomic mass is 10.2. The number of hydrogen-bond acceptors (Lipinski definition) is 6. The van der Waals surface area contributed by atoms with Gasteiger partial charge in [0.1, 0.15) is 0 Å². The molecule has 1 heterocycles. The topological polar surface area (TPSA) is 112 Å². The van der Waals surface area contributed by atoms with E-state index in [0.29, 0.717) is 23.0 Å². The van der Waals surface area contributed by atoms with Crippen LogP contribution in [0.15, 0.2) is 39.1 Å². The predicted molar refractivity (Wildman–Crippen MR) is 115 cm³/mol. The van der Waals surface area contributed by atoms with Crippen molar-refractivity contribution in [2.75, 3.05) is 19.4 Å². The number of carbonyl (C=O) groups excluding carboxylic acids is 1. The van der Waals surface area contributed by atoms with Crippen molar-refractivity contribution in [2.24, 2.45) is 0 Å². The highest BCUT2D eigenvalue weighted by Gasteiger charge is 2.21. The van der Waals surface area contributed by atoms with E-state index in [4.69, 9.17) is 0 Å². The second-order valence-corrected chi connectivity index (χ2v) is 10.3. The molecule has 8 nitrogen and oxygen atoms in total. The number of H-pyrrole nitrogens is 1. The molecule has 1 amide bonds. The molecule has 0 unspecified atom stereocenters. The van der Waals surface area contributed by atoms with Gasteiger partial charge in [-0.25, -0.2) is 17.7 Å². The number of aromatic amines is 1. The molecule has 0 fully saturated rings. The van der Waals surface area contributed by atoms with E-state index in [-0.39, 0.29) is 16.4 Å². The maximum absolute atomic E-state index is 12.6. The third kappa shape index (κ3) is 5.91. The van der Waals surface area contributed by atoms with Crippen LogP contribution in [-0.4, -0.2) is 47.9 Å². The van der Waals surface area contributed by atoms with Gasteiger partial charge in [-0.05, 0) is 38.0 Å². The van der Waals surface area contributed by atoms with Crippen LogP contribution in [0.2, 0.25) is 0 Å². The smallest absolute Gasteiger partial charge is 0.251 e. The molecule has 0 radical (unpaired) electrons. The Labute approximate surface area is 175 Å². The van der Waals surface area contributed by atoms with E-state index < -0.39 is 15.3 Å². The Morgan fingerprint density at radius 3 is 2.62 bits per heavy atom. The summed E-state index contributed by atoms with van der Waals surface area (Å²) < 4.78 is 25.8. The SMILES string of the molecule is CCCc1cc(=O)[nH]c(S[C@@H](C)C(=O)Nc2cc(S(=O)(=O)N(C)C)ccc2C)n1. The molecule has 0 saturated carbocycles. The van der Waals surface area contributed by atoms with Crippen LogP contribution in [0, 0.1) is 6.92 Å². The van der Waals surface area contributed by atoms with E-state index in [1.54, 1.807) is 19.9 Å². The van der Waals surface area contributed by atoms with Gasteiger partial charge in [0.05, 0.1) is 10.1 Å². The van der Waals surface area contributed by atoms with Crippen LogP contribution >= 0.6 is 11.8 Å². The average molecular weight is 439 g/mol. The van der Waals surface area contributed by atoms with E-state index in [1.165, 1.54) is 32.3 Å². The monoisotopic (exact) mass is 438 g/mol. The standard InChI is InChI=1S/C19H26N4O4S2/c1-6-7-14-10-17(24)22-19(20-14)28-13(3)18(25)21-16-11-15(9-8-12(16)2)29(26,27)23(4)5/h8-11,13H,6-7H2,1-5H3,(H,21,25)(H,20,22,24)/t13-/m0/s1. The Kier molecular flexibility index (Phi) is 7.61. The van der Waals surface area contributed by atoms with Crippen molar-refractivity contribution in [2.45, 2.75) is 48.9 Å². The highest BCUT2D eigenvalue weighted by Crippen LogP contribution is 2.24. The van der Waals surface area contributed by atoms with Crippen LogP contribution in [0.5, 0.6) is 0 Å². The molecule has 0 bridgehead atoms. The number of thioether (sulfide) groups is 1. The second-order valence-electron chi connectivity index (χ2n) is 6.81. The first-order valence-electron chi connectivity index (χ1n) is 9.15. The van der Waals surface area contributed by atoms with Gasteiger partial charge >= 0.3 is 0 Å². The van der Waals surface area contributed by atoms with Gasteiger partial charge in [0.15, 0.2) is 5.16 Å². The second kappa shape index (κ2) is 9.55. The summed E-state index contributed by atoms with van der Waals surface area (Å²) in [4.78, 5) is 31.6. The molecule has 1 aromatic carbocycles. The zero-order valence-electron chi connectivity index (χ0n) is 17.1. The molecule has 0 aliphatic carbocycles. The number of rotatable bonds is 8. The van der Waals surface area contributed by atoms with Crippen molar-refractivity contribution in [3.63, 3.8) is 0 Å². The maximum atomic E-state index is 12.6. The van der Waals surface area contributed by atoms with Gasteiger partial charge < -0.3 is 10.3 Å². The maximum Gasteiger partial charge on any atom is 0.251 e. The van der Waals surface area contributed by atoms with Crippen LogP contribution in [0.1, 0.15) is 31.5 Å². The molecule has 1 atom stereocenters. The van der Waals surface area contributed by atoms with E-state index in [0.717, 1.165) is 28.1 Å². The first kappa shape index (κ1) is 23.1. The van der Waals surface area contributed by atoms with Crippen molar-refractivity contribution in [3.8, 4) is 0 Å². The van der Waals surface area contributed by atoms with Gasteiger partial charge in [-0.15, -0.1) is 0 Å². The molecular formula is C19H26N4O4S2. The minimum atomic E-state index is -3.61. The molecular weight excluding hydrogens is 412 g/mol. The van der Waals surface area contributed by atoms with Gasteiger partial charge in [-0.3, -0.25) is 9.59 Å². The molecule has 0 spiro atoms. The Morgan fingerprint density at radius 1 is 1.31 bits per heavy atom. The Bertz CT molecular complexity index is 1050. The van der Waals surface area contributed by atoms with Crippen LogP contribution in [0.3, 0.4) is 0 Å². The molecule has 158 valence electrons. The average Bonchev–Trinajstić information content (AvgIpc) is 2.62. The van der Waals surface area contributed by atoms with Crippen molar-refractivity contribution >= 4 is 33.4 Å². The molecule has 1 aromatic heterocycles. The Hall–Kier alpha value is -2.17. The largest absolute Gasteiger partial charge is 0.325 e. The summed E-state index contributed by atoms with van der Waals surface area (Å²) in [5, 5.41) is 2.60. The number of amides is 1. The zero-order valence-corrected chi connectivity index (χ0v) is 18.8. The summed E-state index contributed by atoms with van der Waals surface area (Å²) in [6.07, 6.45) is 1.55. The van der Waals surface area contributed by atoms with Crippen molar-refractivity contribution < 1.29 is 13.2 Å². The minimum Gasteiger partial charge on any atom is -0.325 e. The van der Waals surface area contributed by atoms with Gasteiger partial charge in [-0.1, -0.05) is 31.2 Å². The molecule has 0 aliphatic rings. The highest BCUT2D eigenvalue weighted by atomic mass is 32.2. The van der Waals surface area contributed by atoms with Crippen molar-refractivity contribution in [1.29, 1.82) is 0 Å². The first-order chi connectivity index (χ1) is 13.5. The summed E-state index contributed by atoms with van der Waals surface area (Å²) in [5.41, 5.74) is 1.59. The fourth-order valence-electron chi connectivity index (χ4n) is 2.49. The fourth-order valence-corrected chi connectivity index (χ4v) is 4.24. The molecule has 0 aliphatic heterocycles. The number of aryl methyl sites for hydroxylation is 2. The predicted octanol–water partition coefficient (Wildman–Crippen LogP) is 2.40. The number of sulfonamides is 1. The third-order valence-electron chi connectivity index (χ3n) is 4.18. The summed E-state index contributed by atoms with van der Waals surface area (Å²) in [7, 11) is -0.707. The quantitative estimate of drug-likeness (QED) is 0.483. The number of aromatic nitrogens is 2. The lowest BCUT2D eigenvalue weighted by molar-refractivity contribution is -0.115. The van der Waals surface area contributed by atoms with Gasteiger partial charge in [0.25, 0.3) is 5.56 Å². The number of hydrogen-bond donors (Lipinski definition) is 2. The normalized spacial score (nSPS) is 12.8. The molecule has 10 heteroatoms. The third-order valence-corrected chi connectivity index (χ3v) is 6.98. The minimum absolute atomic E-state index is 0.0990. The van der Waals surface area contributed by atoms with Crippen LogP contribution < -0.4 is 10.9 Å². The summed E-state index contributed by atoms with van der Waals surface area (Å²) in [6, 6.07) is 6.06. The molecule has 2 rings (SSSR count). The molecule has 0 saturated heterocycles. The molecule has 29 heavy (non-hydrogen) atoms. The lowest BCUT2D eigenvalue weighted by Crippen LogP contribution is -2.25. The molecule has 2 N–H and O–H groups in total. The fraction of sp³-hybridized carbons (Fsp3) is 0.421. The van der Waals surface area contributed by atoms with Crippen molar-refractivity contribution in [1.82, 2.24) is 14.3 Å². The number of benzene rings is 1. The van der Waals surface area contributed by atoms with Gasteiger partial charge in [0, 0.05) is 31.5 Å². The Balaban J connectivity index is 2.19. The van der Waals surface area contributed by atoms with E-state index in [2.05, 4.69) is 15.3 Å². The van der Waals surface area contributed by atoms with E-state index in [9.17, 15) is 18.0 Å². The van der Waals surface area contributed by atoms with Crippen LogP contribution in [0.25, 0.3) is 0 Å². The zero-order chi connectivity index (χ0) is 21.8. The van der Waals surface area contributed by atoms with Crippen LogP contribution in [-0.2, 0) is 21.2 Å². The highest BCUT2D eigenvalue weighted by molar-refractivity contribution is 8.00. The number of anilines is 1. The summed E-state index contributed by atoms with van der Waals surface area (Å²) in [6.45, 7) is 5.48. The van der Waals surface area contributed by atoms with Gasteiger partial charge in [0.2, 0.25) is 15.9 Å². The van der Waals surface area contributed by atoms with Crippen LogP contribution in [0.4, 0.5) is 5.69 Å². The van der Waals surface area contributed by atoms with E-state index in [1.807, 2.05) is 6.92 Å². The summed E-state index contributed by atoms with van der Waals surface area (Å²) >= 11 is 1.14. The number of carbonyl (C=O) groups is 1. The van der Waals surface area contributed by atoms with Gasteiger partial charge in [-0.2, -0.15) is 0 Å². The van der Waals surface area contributed by atoms with Crippen molar-refractivity contribution in [3.05, 3.63) is 45.9 Å². The first-order valence-corrected chi connectivity index (χ1v) is 11.5. The number of nitrogens with zero attached hydrogens (tertiary/aromatic N) is 2. The Morgan fingerprint density at radius 2 is 2.00 bits per heavy atom.